The topological polar surface area (TPSA) is 430 Å². The van der Waals surface area contributed by atoms with Gasteiger partial charge in [0.05, 0.1) is 20.5 Å². The van der Waals surface area contributed by atoms with Crippen LogP contribution in [0, 0.1) is 0 Å². The van der Waals surface area contributed by atoms with E-state index in [4.69, 9.17) is 54.3 Å². The molecule has 39 heteroatoms. The predicted molar refractivity (Wildman–Crippen MR) is 158 cm³/mol. The Kier molecular flexibility index (Phi) is 184. The molecule has 0 radical (unpaired) electrons. The zero-order valence-electron chi connectivity index (χ0n) is 29.2. The van der Waals surface area contributed by atoms with Crippen molar-refractivity contribution in [3.05, 3.63) is 5.73 Å². The Morgan fingerprint density at radius 2 is 0.692 bits per heavy atom. The summed E-state index contributed by atoms with van der Waals surface area (Å²) >= 11 is 0. The van der Waals surface area contributed by atoms with Crippen LogP contribution < -0.4 is 5.14 Å². The van der Waals surface area contributed by atoms with Crippen molar-refractivity contribution in [1.29, 1.82) is 0 Å². The summed E-state index contributed by atoms with van der Waals surface area (Å²) in [6, 6.07) is 0. The molecule has 0 aliphatic carbocycles. The van der Waals surface area contributed by atoms with Gasteiger partial charge in [-0.25, -0.2) is 9.70 Å². The number of nitrogens with one attached hydrogen (secondary N) is 1. The predicted octanol–water partition coefficient (Wildman–Crippen LogP) is -0.817. The van der Waals surface area contributed by atoms with E-state index >= 15 is 0 Å². The number of aliphatic carboxylic acids is 1. The third kappa shape index (κ3) is 772. The van der Waals surface area contributed by atoms with Gasteiger partial charge in [-0.15, -0.1) is 0 Å². The van der Waals surface area contributed by atoms with Crippen LogP contribution in [0.5, 0.6) is 0 Å². The number of phosphoric acid groups is 1. The molecule has 0 rings (SSSR count). The van der Waals surface area contributed by atoms with Crippen molar-refractivity contribution >= 4 is 59.6 Å². The molecule has 330 valence electrons. The molecule has 0 aliphatic rings. The maximum Gasteiger partial charge on any atom is 0.469 e. The third-order valence-electron chi connectivity index (χ3n) is 0.681. The van der Waals surface area contributed by atoms with Crippen LogP contribution in [0.25, 0.3) is 5.73 Å². The van der Waals surface area contributed by atoms with Gasteiger partial charge in [0.1, 0.15) is 0 Å². The molecule has 0 bridgehead atoms. The molecular weight excluding hydrogens is 2380 g/mol. The molecule has 12 N–H and O–H groups in total. The molecule has 24 nitrogen and oxygen atoms in total. The quantitative estimate of drug-likeness (QED) is 0.122. The normalized spacial score (nSPS) is 8.27. The van der Waals surface area contributed by atoms with Crippen LogP contribution in [0.2, 0.25) is 0 Å². The molecule has 0 aliphatic heterocycles. The van der Waals surface area contributed by atoms with E-state index in [1.165, 1.54) is 20.4 Å². The van der Waals surface area contributed by atoms with Gasteiger partial charge in [0, 0.05) is 231 Å². The van der Waals surface area contributed by atoms with E-state index in [9.17, 15) is 38.9 Å². The molecule has 0 saturated heterocycles. The Morgan fingerprint density at radius 3 is 0.692 bits per heavy atom. The molecule has 0 aromatic heterocycles. The second-order valence-electron chi connectivity index (χ2n) is 5.31. The van der Waals surface area contributed by atoms with Gasteiger partial charge in [0.2, 0.25) is 0 Å². The second kappa shape index (κ2) is 77.3. The average molecular weight is 2430 g/mol. The van der Waals surface area contributed by atoms with E-state index < -0.39 is 59.6 Å². The summed E-state index contributed by atoms with van der Waals surface area (Å²) in [6.07, 6.45) is 0.715. The standard InChI is InChI=1S/C2H7O2P.C2H4O2.C2H6.CH5NO3S.CH4N.CH5O4P.CH4O4S.CH5O3P.CH4O3S.CH4O.9W/c1-5(2,3)4;1-2(3)4;1-2;1-5-6(2,3)4;1-2;2*1-5-6(2,3)4;2*1-5(2,3)4;1-2;;;;;;;;;/h1-2H3,(H,3,4);1H3,(H,3,4);1-2H3;1H3,(H2,2,3,4);2H,1H3;1H3,(H2,2,3,4);1H3,(H,2,3,4);1H3,(H2,2,3,4);1H3,(H,2,3,4);2H,1H3;;;;;;;;;/q;;;;-1;;;;;;;;;;;;;;. The number of hydrogen-bond donors (Lipinski definition) is 10. The average Bonchev–Trinajstić information content (AvgIpc) is 2.73. The van der Waals surface area contributed by atoms with Gasteiger partial charge in [0.25, 0.3) is 16.1 Å². The monoisotopic (exact) mass is 2430 g/mol. The molecule has 52 heavy (non-hydrogen) atoms. The number of phosphoric ester groups is 1. The zero-order chi connectivity index (χ0) is 38.7. The van der Waals surface area contributed by atoms with E-state index in [0.717, 1.165) is 42.0 Å². The van der Waals surface area contributed by atoms with Crippen molar-refractivity contribution in [2.24, 2.45) is 5.14 Å². The number of hydrogen-bond acceptors (Lipinski definition) is 14. The van der Waals surface area contributed by atoms with Crippen LogP contribution >= 0.6 is 22.8 Å². The van der Waals surface area contributed by atoms with Crippen molar-refractivity contribution in [3.8, 4) is 0 Å². The van der Waals surface area contributed by atoms with Crippen molar-refractivity contribution in [1.82, 2.24) is 0 Å². The zero-order valence-corrected chi connectivity index (χ0v) is 60.7. The number of carboxylic acids is 1. The molecule has 0 spiro atoms. The molecule has 0 aromatic rings. The Hall–Kier alpha value is 5.68. The van der Waals surface area contributed by atoms with Gasteiger partial charge >= 0.3 is 36.1 Å². The minimum atomic E-state index is -4.16. The Bertz CT molecular complexity index is 986. The smallest absolute Gasteiger partial charge is 0.469 e. The fourth-order valence-electron chi connectivity index (χ4n) is 0. The third-order valence-corrected chi connectivity index (χ3v) is 2.04. The summed E-state index contributed by atoms with van der Waals surface area (Å²) in [5.41, 5.74) is 5.75. The summed E-state index contributed by atoms with van der Waals surface area (Å²) in [5.74, 6) is -0.833. The van der Waals surface area contributed by atoms with Gasteiger partial charge in [-0.1, -0.05) is 13.8 Å². The number of nitrogens with two attached hydrogens (primary N) is 1. The van der Waals surface area contributed by atoms with Crippen molar-refractivity contribution < 1.29 is 290 Å². The van der Waals surface area contributed by atoms with Gasteiger partial charge in [0.15, 0.2) is 7.37 Å². The number of carboxylic acid groups (broad SMARTS) is 1. The maximum atomic E-state index is 9.77. The van der Waals surface area contributed by atoms with Crippen molar-refractivity contribution in [2.45, 2.75) is 20.8 Å². The maximum absolute atomic E-state index is 9.77. The molecule has 0 unspecified atom stereocenters. The van der Waals surface area contributed by atoms with Crippen LogP contribution in [0.4, 0.5) is 0 Å². The minimum Gasteiger partial charge on any atom is -0.680 e. The molecule has 0 fully saturated rings. The largest absolute Gasteiger partial charge is 0.680 e. The summed E-state index contributed by atoms with van der Waals surface area (Å²) < 4.78 is 111. The number of aliphatic hydroxyl groups excluding tert-OH is 1. The SMILES string of the molecule is CC.CC(=O)O.CO.COP(=O)(O)O.COS(=O)(=O)O.COS(N)(=O)=O.CP(=O)(O)O.CP(C)(=O)O.CS(=O)(=O)O.C[NH-].[W].[W].[W].[W].[W].[W].[W].[W].[W]. The van der Waals surface area contributed by atoms with Gasteiger partial charge < -0.3 is 40.4 Å². The fraction of sp³-hybridized carbons (Fsp3) is 0.923. The van der Waals surface area contributed by atoms with Crippen LogP contribution in [0.15, 0.2) is 0 Å². The van der Waals surface area contributed by atoms with Crippen molar-refractivity contribution in [3.63, 3.8) is 0 Å². The summed E-state index contributed by atoms with van der Waals surface area (Å²) in [5, 5.41) is 18.7. The van der Waals surface area contributed by atoms with Gasteiger partial charge in [-0.2, -0.15) is 32.3 Å². The van der Waals surface area contributed by atoms with Gasteiger partial charge in [-0.3, -0.25) is 35.9 Å². The van der Waals surface area contributed by atoms with Gasteiger partial charge in [-0.05, 0) is 0 Å². The Balaban J connectivity index is -0.0000000137. The molecule has 0 atom stereocenters. The number of rotatable bonds is 3. The van der Waals surface area contributed by atoms with E-state index in [1.807, 2.05) is 13.8 Å². The first kappa shape index (κ1) is 124. The van der Waals surface area contributed by atoms with Crippen LogP contribution in [0.1, 0.15) is 20.8 Å². The van der Waals surface area contributed by atoms with Crippen LogP contribution in [-0.2, 0) is 252 Å². The molecular formula is C13H48N2O22P3S3W9-. The van der Waals surface area contributed by atoms with Crippen LogP contribution in [-0.4, -0.2) is 137 Å². The number of aliphatic hydroxyl groups is 1. The molecule has 0 saturated carbocycles. The van der Waals surface area contributed by atoms with Crippen molar-refractivity contribution in [2.75, 3.05) is 61.7 Å². The van der Waals surface area contributed by atoms with E-state index in [1.54, 1.807) is 0 Å². The molecule has 0 heterocycles. The van der Waals surface area contributed by atoms with E-state index in [2.05, 4.69) is 18.0 Å². The first-order chi connectivity index (χ1) is 18.4. The number of carbonyl (C=O) groups is 1. The van der Waals surface area contributed by atoms with E-state index in [0.29, 0.717) is 6.26 Å². The Labute approximate surface area is 436 Å². The molecule has 0 aromatic carbocycles. The van der Waals surface area contributed by atoms with Crippen LogP contribution in [0.3, 0.4) is 0 Å². The Morgan fingerprint density at radius 1 is 0.635 bits per heavy atom. The van der Waals surface area contributed by atoms with E-state index in [-0.39, 0.29) is 190 Å². The molecule has 0 amide bonds. The minimum absolute atomic E-state index is 0. The summed E-state index contributed by atoms with van der Waals surface area (Å²) in [4.78, 5) is 47.8. The fourth-order valence-corrected chi connectivity index (χ4v) is 0. The first-order valence-electron chi connectivity index (χ1n) is 9.51. The second-order valence-corrected chi connectivity index (χ2v) is 14.9. The summed E-state index contributed by atoms with van der Waals surface area (Å²) in [7, 11) is -16.9. The summed E-state index contributed by atoms with van der Waals surface area (Å²) in [6.45, 7) is 8.53. The first-order valence-corrected chi connectivity index (χ1v) is 20.3.